The SMILES string of the molecule is CC1=Nc2nc(=N)nc3nc(N)nc(n23)N1.Cc1nc(N)nc(N)n1.Nc1nc(N)nc(Nc2nc(N)nc(N)n2)n1. The lowest BCUT2D eigenvalue weighted by atomic mass is 10.6. The number of nitrogens with two attached hydrogens (primary N) is 7. The van der Waals surface area contributed by atoms with Gasteiger partial charge in [0.1, 0.15) is 11.7 Å². The van der Waals surface area contributed by atoms with Crippen LogP contribution in [0.2, 0.25) is 0 Å². The summed E-state index contributed by atoms with van der Waals surface area (Å²) in [7, 11) is 0. The van der Waals surface area contributed by atoms with Crippen LogP contribution >= 0.6 is 0 Å². The van der Waals surface area contributed by atoms with Gasteiger partial charge in [0.15, 0.2) is 0 Å². The standard InChI is InChI=1S/C7H7N9.C6H9N11.C4H7N5/c1-2-10-5-12-3(8)14-7-15-4(9)13-6(11-2)16(5)7;7-1-11-2(8)14-5(13-1)17-6-15-3(9)12-4(10)16-6;1-2-7-3(5)9-4(6)8-2/h1H3,(H4,8,9,10,11,12,13,14,15);(H9,7,8,9,10,11,12,13,14,15,16,17);1H3,(H4,5,6,7,8,9). The lowest BCUT2D eigenvalue weighted by Crippen LogP contribution is -2.24. The minimum Gasteiger partial charge on any atom is -0.368 e. The average Bonchev–Trinajstić information content (AvgIpc) is 2.81. The van der Waals surface area contributed by atoms with E-state index in [0.717, 1.165) is 0 Å². The highest BCUT2D eigenvalue weighted by atomic mass is 15.4. The summed E-state index contributed by atoms with van der Waals surface area (Å²) in [6.45, 7) is 3.47. The first-order valence-electron chi connectivity index (χ1n) is 11.2. The minimum atomic E-state index is -0.155. The van der Waals surface area contributed by atoms with Gasteiger partial charge in [-0.2, -0.15) is 69.8 Å². The number of nitrogen functional groups attached to an aromatic ring is 7. The number of hydrogen-bond donors (Lipinski definition) is 10. The van der Waals surface area contributed by atoms with Crippen molar-refractivity contribution in [2.75, 3.05) is 50.8 Å². The molecule has 0 atom stereocenters. The molecule has 42 heavy (non-hydrogen) atoms. The molecule has 0 aliphatic carbocycles. The molecule has 0 unspecified atom stereocenters. The van der Waals surface area contributed by atoms with Crippen LogP contribution in [0.15, 0.2) is 4.99 Å². The van der Waals surface area contributed by atoms with Crippen LogP contribution in [0, 0.1) is 12.3 Å². The van der Waals surface area contributed by atoms with Crippen molar-refractivity contribution >= 4 is 77.0 Å². The third kappa shape index (κ3) is 7.12. The monoisotopic (exact) mass is 577 g/mol. The van der Waals surface area contributed by atoms with E-state index in [1.807, 2.05) is 0 Å². The van der Waals surface area contributed by atoms with Gasteiger partial charge in [0, 0.05) is 0 Å². The van der Waals surface area contributed by atoms with Gasteiger partial charge in [-0.3, -0.25) is 10.7 Å². The summed E-state index contributed by atoms with van der Waals surface area (Å²) in [5.74, 6) is 2.64. The van der Waals surface area contributed by atoms with Gasteiger partial charge in [0.2, 0.25) is 76.8 Å². The molecule has 17 N–H and O–H groups in total. The second kappa shape index (κ2) is 11.4. The number of aromatic nitrogens is 14. The summed E-state index contributed by atoms with van der Waals surface area (Å²) in [4.78, 5) is 53.1. The predicted molar refractivity (Wildman–Crippen MR) is 149 cm³/mol. The molecule has 216 valence electrons. The Morgan fingerprint density at radius 2 is 1.02 bits per heavy atom. The quantitative estimate of drug-likeness (QED) is 0.0972. The fourth-order valence-corrected chi connectivity index (χ4v) is 3.01. The predicted octanol–water partition coefficient (Wildman–Crippen LogP) is -3.47. The number of aryl methyl sites for hydroxylation is 1. The van der Waals surface area contributed by atoms with Crippen molar-refractivity contribution in [3.8, 4) is 0 Å². The van der Waals surface area contributed by atoms with E-state index in [1.54, 1.807) is 13.8 Å². The van der Waals surface area contributed by atoms with Gasteiger partial charge in [0.05, 0.1) is 0 Å². The topological polar surface area (TPSA) is 414 Å². The fourth-order valence-electron chi connectivity index (χ4n) is 3.01. The largest absolute Gasteiger partial charge is 0.368 e. The Balaban J connectivity index is 0.000000152. The highest BCUT2D eigenvalue weighted by Gasteiger charge is 2.16. The normalized spacial score (nSPS) is 11.2. The molecule has 6 heterocycles. The van der Waals surface area contributed by atoms with Crippen LogP contribution in [-0.4, -0.2) is 75.0 Å². The van der Waals surface area contributed by atoms with Crippen LogP contribution in [-0.2, 0) is 0 Å². The summed E-state index contributed by atoms with van der Waals surface area (Å²) in [5, 5.41) is 13.0. The Bertz CT molecular complexity index is 1720. The molecule has 5 aromatic heterocycles. The second-order valence-electron chi connectivity index (χ2n) is 7.69. The molecular weight excluding hydrogens is 554 g/mol. The Morgan fingerprint density at radius 1 is 0.571 bits per heavy atom. The maximum atomic E-state index is 7.43. The maximum absolute atomic E-state index is 7.43. The molecule has 5 aromatic rings. The van der Waals surface area contributed by atoms with E-state index in [2.05, 4.69) is 80.4 Å². The fraction of sp³-hybridized carbons (Fsp3) is 0.118. The molecule has 25 heteroatoms. The highest BCUT2D eigenvalue weighted by molar-refractivity contribution is 5.95. The van der Waals surface area contributed by atoms with Gasteiger partial charge in [-0.15, -0.1) is 0 Å². The number of rotatable bonds is 2. The van der Waals surface area contributed by atoms with E-state index < -0.39 is 0 Å². The lowest BCUT2D eigenvalue weighted by Gasteiger charge is -2.15. The van der Waals surface area contributed by atoms with Crippen molar-refractivity contribution < 1.29 is 0 Å². The van der Waals surface area contributed by atoms with Gasteiger partial charge in [-0.25, -0.2) is 4.40 Å². The van der Waals surface area contributed by atoms with E-state index >= 15 is 0 Å². The van der Waals surface area contributed by atoms with Gasteiger partial charge >= 0.3 is 0 Å². The molecule has 0 saturated carbocycles. The first-order valence-corrected chi connectivity index (χ1v) is 11.2. The Morgan fingerprint density at radius 3 is 1.50 bits per heavy atom. The zero-order valence-corrected chi connectivity index (χ0v) is 21.7. The summed E-state index contributed by atoms with van der Waals surface area (Å²) in [6, 6.07) is 0. The number of anilines is 10. The van der Waals surface area contributed by atoms with Crippen molar-refractivity contribution in [1.29, 1.82) is 5.41 Å². The highest BCUT2D eigenvalue weighted by Crippen LogP contribution is 2.19. The average molecular weight is 578 g/mol. The molecule has 0 saturated heterocycles. The molecule has 25 nitrogen and oxygen atoms in total. The Labute approximate surface area is 233 Å². The lowest BCUT2D eigenvalue weighted by molar-refractivity contribution is 0.863. The first-order chi connectivity index (χ1) is 19.8. The van der Waals surface area contributed by atoms with E-state index in [1.165, 1.54) is 4.40 Å². The van der Waals surface area contributed by atoms with E-state index in [0.29, 0.717) is 23.6 Å². The molecule has 6 rings (SSSR count). The molecule has 0 bridgehead atoms. The summed E-state index contributed by atoms with van der Waals surface area (Å²) >= 11 is 0. The number of nitrogens with one attached hydrogen (secondary N) is 3. The van der Waals surface area contributed by atoms with Crippen molar-refractivity contribution in [3.05, 3.63) is 11.4 Å². The zero-order chi connectivity index (χ0) is 30.6. The third-order valence-electron chi connectivity index (χ3n) is 4.36. The van der Waals surface area contributed by atoms with Crippen LogP contribution in [0.1, 0.15) is 12.7 Å². The summed E-state index contributed by atoms with van der Waals surface area (Å²) in [6.07, 6.45) is 0. The molecule has 0 radical (unpaired) electrons. The van der Waals surface area contributed by atoms with Crippen LogP contribution in [0.5, 0.6) is 0 Å². The molecule has 0 amide bonds. The smallest absolute Gasteiger partial charge is 0.248 e. The van der Waals surface area contributed by atoms with Gasteiger partial charge < -0.3 is 45.5 Å². The number of amidine groups is 1. The van der Waals surface area contributed by atoms with Crippen molar-refractivity contribution in [2.24, 2.45) is 4.99 Å². The third-order valence-corrected chi connectivity index (χ3v) is 4.36. The van der Waals surface area contributed by atoms with Crippen LogP contribution in [0.25, 0.3) is 5.78 Å². The van der Waals surface area contributed by atoms with Gasteiger partial charge in [0.25, 0.3) is 0 Å². The Hall–Kier alpha value is -6.95. The second-order valence-corrected chi connectivity index (χ2v) is 7.69. The van der Waals surface area contributed by atoms with Crippen LogP contribution in [0.4, 0.5) is 65.4 Å². The first kappa shape index (κ1) is 28.1. The minimum absolute atomic E-state index is 0.0324. The van der Waals surface area contributed by atoms with Crippen molar-refractivity contribution in [3.63, 3.8) is 0 Å². The maximum Gasteiger partial charge on any atom is 0.248 e. The van der Waals surface area contributed by atoms with Crippen LogP contribution in [0.3, 0.4) is 0 Å². The molecule has 1 aliphatic rings. The van der Waals surface area contributed by atoms with Gasteiger partial charge in [-0.05, 0) is 13.8 Å². The summed E-state index contributed by atoms with van der Waals surface area (Å²) in [5.41, 5.74) is 37.4. The van der Waals surface area contributed by atoms with Crippen molar-refractivity contribution in [2.45, 2.75) is 13.8 Å². The number of hydrogen-bond acceptors (Lipinski definition) is 24. The van der Waals surface area contributed by atoms with E-state index in [9.17, 15) is 0 Å². The Kier molecular flexibility index (Phi) is 7.64. The summed E-state index contributed by atoms with van der Waals surface area (Å²) < 4.78 is 1.50. The molecule has 1 aliphatic heterocycles. The van der Waals surface area contributed by atoms with Crippen LogP contribution < -0.4 is 56.4 Å². The molecule has 0 fully saturated rings. The van der Waals surface area contributed by atoms with Crippen molar-refractivity contribution in [1.82, 2.24) is 69.2 Å². The molecule has 0 aromatic carbocycles. The zero-order valence-electron chi connectivity index (χ0n) is 21.7. The molecule has 0 spiro atoms. The number of nitrogens with zero attached hydrogens (tertiary/aromatic N) is 15. The van der Waals surface area contributed by atoms with E-state index in [4.69, 9.17) is 45.5 Å². The number of aliphatic imine (C=N–C) groups is 1. The van der Waals surface area contributed by atoms with E-state index in [-0.39, 0.29) is 64.9 Å². The molecular formula is C17H23N25. The van der Waals surface area contributed by atoms with Gasteiger partial charge in [-0.1, -0.05) is 0 Å².